The molecular formula is C28H32FN3O4. The van der Waals surface area contributed by atoms with Gasteiger partial charge < -0.3 is 19.0 Å². The van der Waals surface area contributed by atoms with Gasteiger partial charge in [-0.05, 0) is 69.4 Å². The first-order valence-electron chi connectivity index (χ1n) is 12.4. The molecule has 0 radical (unpaired) electrons. The maximum Gasteiger partial charge on any atom is 0.290 e. The third kappa shape index (κ3) is 4.28. The lowest BCUT2D eigenvalue weighted by molar-refractivity contribution is -0.145. The molecular weight excluding hydrogens is 461 g/mol. The zero-order valence-corrected chi connectivity index (χ0v) is 21.4. The SMILES string of the molecule is CO[C@H](C)C(=O)N1CCN(C(=O)c2cc3nc(-c4ccc(F)cc4)cc(C4(C)CC4)c3o2)C(C)(C)C1. The van der Waals surface area contributed by atoms with Crippen LogP contribution in [0.5, 0.6) is 0 Å². The molecule has 1 aliphatic heterocycles. The Morgan fingerprint density at radius 1 is 1.11 bits per heavy atom. The van der Waals surface area contributed by atoms with E-state index in [9.17, 15) is 14.0 Å². The highest BCUT2D eigenvalue weighted by Crippen LogP contribution is 2.50. The lowest BCUT2D eigenvalue weighted by atomic mass is 9.96. The normalized spacial score (nSPS) is 19.4. The molecule has 8 heteroatoms. The minimum atomic E-state index is -0.588. The predicted molar refractivity (Wildman–Crippen MR) is 134 cm³/mol. The van der Waals surface area contributed by atoms with Crippen LogP contribution in [-0.4, -0.2) is 65.0 Å². The molecule has 5 rings (SSSR count). The highest BCUT2D eigenvalue weighted by Gasteiger charge is 2.43. The number of fused-ring (bicyclic) bond motifs is 1. The van der Waals surface area contributed by atoms with E-state index in [1.165, 1.54) is 19.2 Å². The van der Waals surface area contributed by atoms with Crippen LogP contribution in [0.25, 0.3) is 22.4 Å². The van der Waals surface area contributed by atoms with Crippen LogP contribution in [0.1, 0.15) is 56.7 Å². The largest absolute Gasteiger partial charge is 0.449 e. The second kappa shape index (κ2) is 8.69. The lowest BCUT2D eigenvalue weighted by Crippen LogP contribution is -2.63. The number of methoxy groups -OCH3 is 1. The number of nitrogens with zero attached hydrogens (tertiary/aromatic N) is 3. The number of piperazine rings is 1. The molecule has 2 fully saturated rings. The third-order valence-corrected chi connectivity index (χ3v) is 7.64. The Morgan fingerprint density at radius 3 is 2.42 bits per heavy atom. The highest BCUT2D eigenvalue weighted by atomic mass is 19.1. The summed E-state index contributed by atoms with van der Waals surface area (Å²) < 4.78 is 24.9. The van der Waals surface area contributed by atoms with Crippen molar-refractivity contribution in [1.82, 2.24) is 14.8 Å². The van der Waals surface area contributed by atoms with Crippen molar-refractivity contribution in [3.63, 3.8) is 0 Å². The molecule has 36 heavy (non-hydrogen) atoms. The van der Waals surface area contributed by atoms with Gasteiger partial charge >= 0.3 is 0 Å². The van der Waals surface area contributed by atoms with Crippen molar-refractivity contribution < 1.29 is 23.1 Å². The molecule has 1 aromatic carbocycles. The summed E-state index contributed by atoms with van der Waals surface area (Å²) in [5.41, 5.74) is 3.19. The number of hydrogen-bond acceptors (Lipinski definition) is 5. The molecule has 0 unspecified atom stereocenters. The number of rotatable bonds is 5. The van der Waals surface area contributed by atoms with Gasteiger partial charge in [0.15, 0.2) is 11.3 Å². The molecule has 1 saturated heterocycles. The van der Waals surface area contributed by atoms with Gasteiger partial charge in [-0.25, -0.2) is 9.37 Å². The second-order valence-corrected chi connectivity index (χ2v) is 10.9. The minimum absolute atomic E-state index is 0.0303. The fourth-order valence-corrected chi connectivity index (χ4v) is 5.01. The molecule has 1 atom stereocenters. The Hall–Kier alpha value is -3.26. The van der Waals surface area contributed by atoms with Gasteiger partial charge in [-0.3, -0.25) is 9.59 Å². The number of furan rings is 1. The van der Waals surface area contributed by atoms with E-state index in [1.54, 1.807) is 34.9 Å². The molecule has 0 N–H and O–H groups in total. The minimum Gasteiger partial charge on any atom is -0.449 e. The van der Waals surface area contributed by atoms with Crippen molar-refractivity contribution >= 4 is 22.9 Å². The number of carbonyl (C=O) groups is 2. The summed E-state index contributed by atoms with van der Waals surface area (Å²) in [5, 5.41) is 0. The van der Waals surface area contributed by atoms with Gasteiger partial charge in [0.2, 0.25) is 0 Å². The molecule has 1 saturated carbocycles. The number of amides is 2. The first kappa shape index (κ1) is 24.4. The van der Waals surface area contributed by atoms with E-state index in [2.05, 4.69) is 6.92 Å². The maximum absolute atomic E-state index is 13.7. The summed E-state index contributed by atoms with van der Waals surface area (Å²) in [4.78, 5) is 34.6. The maximum atomic E-state index is 13.7. The number of halogens is 1. The van der Waals surface area contributed by atoms with Crippen LogP contribution in [0.4, 0.5) is 4.39 Å². The lowest BCUT2D eigenvalue weighted by Gasteiger charge is -2.47. The van der Waals surface area contributed by atoms with Crippen LogP contribution in [0, 0.1) is 5.82 Å². The Bertz CT molecular complexity index is 1330. The third-order valence-electron chi connectivity index (χ3n) is 7.64. The van der Waals surface area contributed by atoms with E-state index in [0.29, 0.717) is 30.7 Å². The molecule has 2 aliphatic rings. The monoisotopic (exact) mass is 493 g/mol. The molecule has 0 spiro atoms. The summed E-state index contributed by atoms with van der Waals surface area (Å²) >= 11 is 0. The molecule has 1 aliphatic carbocycles. The molecule has 2 amide bonds. The number of pyridine rings is 1. The van der Waals surface area contributed by atoms with Crippen LogP contribution in [0.15, 0.2) is 40.8 Å². The van der Waals surface area contributed by atoms with Gasteiger partial charge in [-0.15, -0.1) is 0 Å². The van der Waals surface area contributed by atoms with Gasteiger partial charge in [0, 0.05) is 43.9 Å². The summed E-state index contributed by atoms with van der Waals surface area (Å²) in [6.07, 6.45) is 1.53. The number of benzene rings is 1. The zero-order chi connectivity index (χ0) is 25.8. The Morgan fingerprint density at radius 2 is 1.81 bits per heavy atom. The quantitative estimate of drug-likeness (QED) is 0.511. The molecule has 0 bridgehead atoms. The van der Waals surface area contributed by atoms with Gasteiger partial charge in [0.05, 0.1) is 11.2 Å². The van der Waals surface area contributed by atoms with Crippen molar-refractivity contribution in [1.29, 1.82) is 0 Å². The Balaban J connectivity index is 1.48. The number of aromatic nitrogens is 1. The fraction of sp³-hybridized carbons (Fsp3) is 0.464. The van der Waals surface area contributed by atoms with E-state index in [0.717, 1.165) is 29.7 Å². The molecule has 2 aromatic heterocycles. The zero-order valence-electron chi connectivity index (χ0n) is 21.4. The summed E-state index contributed by atoms with van der Waals surface area (Å²) in [7, 11) is 1.51. The topological polar surface area (TPSA) is 75.9 Å². The van der Waals surface area contributed by atoms with Gasteiger partial charge in [0.1, 0.15) is 17.4 Å². The standard InChI is InChI=1S/C28H32FN3O4/c1-17(35-5)25(33)31-12-13-32(27(2,3)16-31)26(34)23-15-22-24(36-23)20(28(4)10-11-28)14-21(30-22)18-6-8-19(29)9-7-18/h6-9,14-15,17H,10-13,16H2,1-5H3/t17-/m1/s1. The predicted octanol–water partition coefficient (Wildman–Crippen LogP) is 4.78. The Labute approximate surface area is 210 Å². The number of hydrogen-bond donors (Lipinski definition) is 0. The fourth-order valence-electron chi connectivity index (χ4n) is 5.01. The average molecular weight is 494 g/mol. The van der Waals surface area contributed by atoms with Crippen LogP contribution in [0.3, 0.4) is 0 Å². The molecule has 3 aromatic rings. The second-order valence-electron chi connectivity index (χ2n) is 10.9. The summed E-state index contributed by atoms with van der Waals surface area (Å²) in [6, 6.07) is 9.98. The summed E-state index contributed by atoms with van der Waals surface area (Å²) in [6.45, 7) is 9.04. The van der Waals surface area contributed by atoms with E-state index in [1.807, 2.05) is 19.9 Å². The van der Waals surface area contributed by atoms with E-state index >= 15 is 0 Å². The first-order chi connectivity index (χ1) is 17.0. The van der Waals surface area contributed by atoms with Gasteiger partial charge in [-0.2, -0.15) is 0 Å². The molecule has 190 valence electrons. The van der Waals surface area contributed by atoms with Crippen LogP contribution < -0.4 is 0 Å². The van der Waals surface area contributed by atoms with Crippen molar-refractivity contribution in [2.24, 2.45) is 0 Å². The van der Waals surface area contributed by atoms with Crippen molar-refractivity contribution in [2.45, 2.75) is 57.6 Å². The van der Waals surface area contributed by atoms with Crippen molar-refractivity contribution in [2.75, 3.05) is 26.7 Å². The van der Waals surface area contributed by atoms with Crippen LogP contribution in [0.2, 0.25) is 0 Å². The van der Waals surface area contributed by atoms with E-state index in [4.69, 9.17) is 14.1 Å². The van der Waals surface area contributed by atoms with Crippen LogP contribution >= 0.6 is 0 Å². The van der Waals surface area contributed by atoms with Gasteiger partial charge in [-0.1, -0.05) is 6.92 Å². The van der Waals surface area contributed by atoms with Crippen molar-refractivity contribution in [3.05, 3.63) is 53.5 Å². The molecule has 3 heterocycles. The molecule has 7 nitrogen and oxygen atoms in total. The number of ether oxygens (including phenoxy) is 1. The number of carbonyl (C=O) groups excluding carboxylic acids is 2. The first-order valence-corrected chi connectivity index (χ1v) is 12.4. The van der Waals surface area contributed by atoms with E-state index < -0.39 is 11.6 Å². The smallest absolute Gasteiger partial charge is 0.290 e. The van der Waals surface area contributed by atoms with Crippen molar-refractivity contribution in [3.8, 4) is 11.3 Å². The van der Waals surface area contributed by atoms with Gasteiger partial charge in [0.25, 0.3) is 11.8 Å². The van der Waals surface area contributed by atoms with Crippen LogP contribution in [-0.2, 0) is 14.9 Å². The highest BCUT2D eigenvalue weighted by molar-refractivity contribution is 5.97. The Kier molecular flexibility index (Phi) is 5.90. The average Bonchev–Trinajstić information content (AvgIpc) is 3.45. The van der Waals surface area contributed by atoms with E-state index in [-0.39, 0.29) is 28.8 Å². The summed E-state index contributed by atoms with van der Waals surface area (Å²) in [5.74, 6) is -0.370.